The van der Waals surface area contributed by atoms with Gasteiger partial charge in [-0.15, -0.1) is 4.40 Å². The highest BCUT2D eigenvalue weighted by Gasteiger charge is 2.16. The Kier molecular flexibility index (Phi) is 6.31. The van der Waals surface area contributed by atoms with Crippen molar-refractivity contribution in [3.63, 3.8) is 0 Å². The van der Waals surface area contributed by atoms with Crippen LogP contribution in [0.3, 0.4) is 0 Å². The fraction of sp³-hybridized carbons (Fsp3) is 0.190. The molecule has 0 aliphatic rings. The molecular weight excluding hydrogens is 402 g/mol. The predicted molar refractivity (Wildman–Crippen MR) is 118 cm³/mol. The topological polar surface area (TPSA) is 106 Å². The molecule has 0 atom stereocenters. The number of ether oxygens (including phenoxy) is 1. The minimum Gasteiger partial charge on any atom is -0.497 e. The summed E-state index contributed by atoms with van der Waals surface area (Å²) in [5.41, 5.74) is 3.03. The normalized spacial score (nSPS) is 11.8. The molecule has 1 heterocycles. The Morgan fingerprint density at radius 1 is 0.933 bits per heavy atom. The summed E-state index contributed by atoms with van der Waals surface area (Å²) in [4.78, 5) is 8.69. The van der Waals surface area contributed by atoms with Crippen LogP contribution in [-0.4, -0.2) is 31.5 Å². The Hall–Kier alpha value is -3.46. The quantitative estimate of drug-likeness (QED) is 0.474. The fourth-order valence-corrected chi connectivity index (χ4v) is 3.60. The van der Waals surface area contributed by atoms with Crippen molar-refractivity contribution < 1.29 is 13.2 Å². The van der Waals surface area contributed by atoms with Gasteiger partial charge in [0, 0.05) is 23.1 Å². The van der Waals surface area contributed by atoms with E-state index in [4.69, 9.17) is 4.74 Å². The number of hydrogen-bond acceptors (Lipinski definition) is 5. The Bertz CT molecular complexity index is 1160. The molecule has 156 valence electrons. The van der Waals surface area contributed by atoms with E-state index in [-0.39, 0.29) is 16.8 Å². The molecule has 0 aliphatic carbocycles. The lowest BCUT2D eigenvalue weighted by Gasteiger charge is -2.13. The lowest BCUT2D eigenvalue weighted by atomic mass is 10.2. The lowest BCUT2D eigenvalue weighted by Crippen LogP contribution is -2.25. The number of aryl methyl sites for hydroxylation is 3. The lowest BCUT2D eigenvalue weighted by molar-refractivity contribution is 0.415. The van der Waals surface area contributed by atoms with Crippen LogP contribution in [0.4, 0.5) is 11.6 Å². The number of nitrogens with one attached hydrogen (secondary N) is 2. The molecular formula is C21H23N5O3S. The van der Waals surface area contributed by atoms with Gasteiger partial charge in [-0.25, -0.2) is 9.97 Å². The zero-order valence-electron chi connectivity index (χ0n) is 17.2. The average Bonchev–Trinajstić information content (AvgIpc) is 2.67. The summed E-state index contributed by atoms with van der Waals surface area (Å²) in [7, 11) is -2.42. The first-order chi connectivity index (χ1) is 14.2. The number of methoxy groups -OCH3 is 1. The summed E-state index contributed by atoms with van der Waals surface area (Å²) < 4.78 is 34.9. The first-order valence-corrected chi connectivity index (χ1v) is 10.6. The van der Waals surface area contributed by atoms with E-state index in [9.17, 15) is 8.42 Å². The first-order valence-electron chi connectivity index (χ1n) is 9.17. The van der Waals surface area contributed by atoms with E-state index >= 15 is 0 Å². The van der Waals surface area contributed by atoms with E-state index in [1.165, 1.54) is 12.1 Å². The summed E-state index contributed by atoms with van der Waals surface area (Å²) in [6.07, 6.45) is 0. The SMILES string of the molecule is COc1cccc(N/C(=N\S(=O)(=O)c2ccc(C)cc2)Nc2nc(C)cc(C)n2)c1. The van der Waals surface area contributed by atoms with Crippen molar-refractivity contribution in [1.29, 1.82) is 0 Å². The van der Waals surface area contributed by atoms with Crippen molar-refractivity contribution in [3.8, 4) is 5.75 Å². The molecule has 3 aromatic rings. The van der Waals surface area contributed by atoms with E-state index in [2.05, 4.69) is 25.0 Å². The zero-order valence-corrected chi connectivity index (χ0v) is 18.0. The summed E-state index contributed by atoms with van der Waals surface area (Å²) in [6, 6.07) is 15.3. The Morgan fingerprint density at radius 2 is 1.60 bits per heavy atom. The predicted octanol–water partition coefficient (Wildman–Crippen LogP) is 3.68. The zero-order chi connectivity index (χ0) is 21.7. The van der Waals surface area contributed by atoms with Crippen molar-refractivity contribution in [2.75, 3.05) is 17.7 Å². The van der Waals surface area contributed by atoms with Crippen molar-refractivity contribution in [3.05, 3.63) is 71.5 Å². The molecule has 1 aromatic heterocycles. The second-order valence-electron chi connectivity index (χ2n) is 6.68. The fourth-order valence-electron chi connectivity index (χ4n) is 2.69. The standard InChI is InChI=1S/C21H23N5O3S/c1-14-8-10-19(11-9-14)30(27,28)26-21(24-17-6-5-7-18(13-17)29-4)25-20-22-15(2)12-16(3)23-20/h5-13H,1-4H3,(H2,22,23,24,25,26). The van der Waals surface area contributed by atoms with Crippen molar-refractivity contribution in [2.45, 2.75) is 25.7 Å². The van der Waals surface area contributed by atoms with Crippen LogP contribution in [-0.2, 0) is 10.0 Å². The number of guanidine groups is 1. The van der Waals surface area contributed by atoms with E-state index in [0.717, 1.165) is 17.0 Å². The van der Waals surface area contributed by atoms with E-state index in [0.29, 0.717) is 11.4 Å². The molecule has 0 fully saturated rings. The number of benzene rings is 2. The van der Waals surface area contributed by atoms with Gasteiger partial charge in [-0.1, -0.05) is 23.8 Å². The number of sulfonamides is 1. The van der Waals surface area contributed by atoms with Crippen molar-refractivity contribution in [1.82, 2.24) is 9.97 Å². The van der Waals surface area contributed by atoms with Gasteiger partial charge in [-0.3, -0.25) is 5.32 Å². The van der Waals surface area contributed by atoms with E-state index < -0.39 is 10.0 Å². The van der Waals surface area contributed by atoms with Gasteiger partial charge in [0.15, 0.2) is 0 Å². The van der Waals surface area contributed by atoms with Crippen molar-refractivity contribution >= 4 is 27.6 Å². The number of hydrogen-bond donors (Lipinski definition) is 2. The third-order valence-corrected chi connectivity index (χ3v) is 5.37. The third kappa shape index (κ3) is 5.54. The van der Waals surface area contributed by atoms with Crippen LogP contribution in [0.2, 0.25) is 0 Å². The van der Waals surface area contributed by atoms with Gasteiger partial charge in [-0.2, -0.15) is 8.42 Å². The Labute approximate surface area is 176 Å². The molecule has 0 bridgehead atoms. The smallest absolute Gasteiger partial charge is 0.285 e. The third-order valence-electron chi connectivity index (χ3n) is 4.08. The largest absolute Gasteiger partial charge is 0.497 e. The maximum absolute atomic E-state index is 12.9. The average molecular weight is 426 g/mol. The van der Waals surface area contributed by atoms with Crippen molar-refractivity contribution in [2.24, 2.45) is 4.40 Å². The van der Waals surface area contributed by atoms with Gasteiger partial charge in [0.2, 0.25) is 11.9 Å². The number of aromatic nitrogens is 2. The van der Waals surface area contributed by atoms with Gasteiger partial charge in [0.1, 0.15) is 5.75 Å². The molecule has 0 aliphatic heterocycles. The molecule has 0 amide bonds. The van der Waals surface area contributed by atoms with E-state index in [1.807, 2.05) is 26.8 Å². The molecule has 0 saturated carbocycles. The molecule has 0 unspecified atom stereocenters. The van der Waals surface area contributed by atoms with Crippen LogP contribution < -0.4 is 15.4 Å². The van der Waals surface area contributed by atoms with E-state index in [1.54, 1.807) is 43.5 Å². The van der Waals surface area contributed by atoms with Gasteiger partial charge in [0.25, 0.3) is 10.0 Å². The summed E-state index contributed by atoms with van der Waals surface area (Å²) >= 11 is 0. The maximum atomic E-state index is 12.9. The Morgan fingerprint density at radius 3 is 2.23 bits per heavy atom. The summed E-state index contributed by atoms with van der Waals surface area (Å²) in [6.45, 7) is 5.54. The van der Waals surface area contributed by atoms with Crippen LogP contribution in [0.25, 0.3) is 0 Å². The molecule has 9 heteroatoms. The summed E-state index contributed by atoms with van der Waals surface area (Å²) in [5.74, 6) is 0.818. The molecule has 2 N–H and O–H groups in total. The highest BCUT2D eigenvalue weighted by Crippen LogP contribution is 2.18. The monoisotopic (exact) mass is 425 g/mol. The first kappa shape index (κ1) is 21.3. The van der Waals surface area contributed by atoms with Gasteiger partial charge in [0.05, 0.1) is 12.0 Å². The number of rotatable bonds is 5. The summed E-state index contributed by atoms with van der Waals surface area (Å²) in [5, 5.41) is 5.86. The maximum Gasteiger partial charge on any atom is 0.285 e. The van der Waals surface area contributed by atoms with Gasteiger partial charge < -0.3 is 10.1 Å². The van der Waals surface area contributed by atoms with Gasteiger partial charge >= 0.3 is 0 Å². The minimum absolute atomic E-state index is 0.0335. The van der Waals surface area contributed by atoms with Crippen LogP contribution in [0.15, 0.2) is 63.9 Å². The molecule has 3 rings (SSSR count). The molecule has 8 nitrogen and oxygen atoms in total. The highest BCUT2D eigenvalue weighted by atomic mass is 32.2. The number of nitrogens with zero attached hydrogens (tertiary/aromatic N) is 3. The van der Waals surface area contributed by atoms with Gasteiger partial charge in [-0.05, 0) is 51.1 Å². The molecule has 30 heavy (non-hydrogen) atoms. The molecule has 2 aromatic carbocycles. The van der Waals surface area contributed by atoms with Crippen LogP contribution in [0.5, 0.6) is 5.75 Å². The molecule has 0 spiro atoms. The number of anilines is 2. The van der Waals surface area contributed by atoms with Crippen LogP contribution in [0.1, 0.15) is 17.0 Å². The Balaban J connectivity index is 2.00. The molecule has 0 radical (unpaired) electrons. The molecule has 0 saturated heterocycles. The van der Waals surface area contributed by atoms with Crippen LogP contribution >= 0.6 is 0 Å². The second-order valence-corrected chi connectivity index (χ2v) is 8.29. The minimum atomic E-state index is -3.98. The van der Waals surface area contributed by atoms with Crippen LogP contribution in [0, 0.1) is 20.8 Å². The second kappa shape index (κ2) is 8.91. The highest BCUT2D eigenvalue weighted by molar-refractivity contribution is 7.90.